The van der Waals surface area contributed by atoms with Crippen LogP contribution in [0.25, 0.3) is 0 Å². The second kappa shape index (κ2) is 5.95. The second-order valence-corrected chi connectivity index (χ2v) is 4.29. The van der Waals surface area contributed by atoms with Crippen molar-refractivity contribution in [3.05, 3.63) is 56.2 Å². The minimum absolute atomic E-state index is 0.00125. The molecule has 0 aliphatic carbocycles. The van der Waals surface area contributed by atoms with Crippen molar-refractivity contribution in [2.45, 2.75) is 6.92 Å². The molecule has 0 radical (unpaired) electrons. The van der Waals surface area contributed by atoms with Crippen LogP contribution in [0.15, 0.2) is 39.0 Å². The van der Waals surface area contributed by atoms with Crippen molar-refractivity contribution in [2.24, 2.45) is 5.10 Å². The Morgan fingerprint density at radius 3 is 2.50 bits per heavy atom. The summed E-state index contributed by atoms with van der Waals surface area (Å²) < 4.78 is 0. The number of phenolic OH excluding ortho intramolecular Hbond substituents is 1. The average Bonchev–Trinajstić information content (AvgIpc) is 2.44. The predicted molar refractivity (Wildman–Crippen MR) is 77.1 cm³/mol. The monoisotopic (exact) mass is 304 g/mol. The predicted octanol–water partition coefficient (Wildman–Crippen LogP) is -0.372. The molecule has 0 saturated heterocycles. The minimum atomic E-state index is -0.864. The Labute approximate surface area is 123 Å². The van der Waals surface area contributed by atoms with Gasteiger partial charge in [0.05, 0.1) is 11.3 Å². The number of hydrogen-bond donors (Lipinski definition) is 5. The highest BCUT2D eigenvalue weighted by Crippen LogP contribution is 2.15. The Bertz CT molecular complexity index is 865. The lowest BCUT2D eigenvalue weighted by atomic mass is 10.2. The number of benzene rings is 1. The number of carbonyl (C=O) groups excluding carboxylic acids is 1. The van der Waals surface area contributed by atoms with Gasteiger partial charge < -0.3 is 10.2 Å². The molecule has 0 spiro atoms. The summed E-state index contributed by atoms with van der Waals surface area (Å²) in [6.07, 6.45) is 0. The number of nitrogens with one attached hydrogen (secondary N) is 3. The van der Waals surface area contributed by atoms with E-state index in [1.807, 2.05) is 9.97 Å². The zero-order valence-corrected chi connectivity index (χ0v) is 11.4. The van der Waals surface area contributed by atoms with Gasteiger partial charge in [-0.3, -0.25) is 19.6 Å². The molecule has 9 nitrogen and oxygen atoms in total. The SMILES string of the molecule is C/C(=N\NC(=O)c1ccccc1O)c1c(O)[nH]c(=O)[nH]c1=O. The highest BCUT2D eigenvalue weighted by Gasteiger charge is 2.13. The summed E-state index contributed by atoms with van der Waals surface area (Å²) in [6, 6.07) is 5.84. The van der Waals surface area contributed by atoms with Crippen LogP contribution < -0.4 is 16.7 Å². The number of aromatic amines is 2. The number of rotatable bonds is 3. The minimum Gasteiger partial charge on any atom is -0.507 e. The lowest BCUT2D eigenvalue weighted by Gasteiger charge is -2.05. The Hall–Kier alpha value is -3.36. The van der Waals surface area contributed by atoms with E-state index in [1.165, 1.54) is 19.1 Å². The molecule has 0 aliphatic rings. The molecule has 1 amide bonds. The van der Waals surface area contributed by atoms with E-state index in [-0.39, 0.29) is 22.6 Å². The maximum Gasteiger partial charge on any atom is 0.328 e. The van der Waals surface area contributed by atoms with Gasteiger partial charge in [-0.25, -0.2) is 10.2 Å². The molecule has 0 unspecified atom stereocenters. The van der Waals surface area contributed by atoms with Crippen molar-refractivity contribution in [2.75, 3.05) is 0 Å². The van der Waals surface area contributed by atoms with Gasteiger partial charge in [-0.1, -0.05) is 12.1 Å². The zero-order chi connectivity index (χ0) is 16.3. The van der Waals surface area contributed by atoms with Crippen LogP contribution in [0.4, 0.5) is 0 Å². The summed E-state index contributed by atoms with van der Waals surface area (Å²) in [5.74, 6) is -1.58. The molecule has 9 heteroatoms. The summed E-state index contributed by atoms with van der Waals surface area (Å²) in [7, 11) is 0. The number of aromatic hydroxyl groups is 2. The molecule has 1 aromatic carbocycles. The number of hydrogen-bond acceptors (Lipinski definition) is 6. The molecule has 2 rings (SSSR count). The normalized spacial score (nSPS) is 11.2. The van der Waals surface area contributed by atoms with E-state index < -0.39 is 23.0 Å². The molecule has 114 valence electrons. The largest absolute Gasteiger partial charge is 0.507 e. The first-order chi connectivity index (χ1) is 10.4. The third-order valence-corrected chi connectivity index (χ3v) is 2.76. The van der Waals surface area contributed by atoms with Crippen molar-refractivity contribution in [1.82, 2.24) is 15.4 Å². The lowest BCUT2D eigenvalue weighted by molar-refractivity contribution is 0.0952. The van der Waals surface area contributed by atoms with Gasteiger partial charge in [-0.15, -0.1) is 0 Å². The zero-order valence-electron chi connectivity index (χ0n) is 11.4. The van der Waals surface area contributed by atoms with Crippen molar-refractivity contribution >= 4 is 11.6 Å². The summed E-state index contributed by atoms with van der Waals surface area (Å²) in [5, 5.41) is 22.8. The van der Waals surface area contributed by atoms with Crippen LogP contribution in [0, 0.1) is 0 Å². The van der Waals surface area contributed by atoms with Crippen LogP contribution in [0.1, 0.15) is 22.8 Å². The van der Waals surface area contributed by atoms with Crippen LogP contribution >= 0.6 is 0 Å². The van der Waals surface area contributed by atoms with Gasteiger partial charge >= 0.3 is 5.69 Å². The van der Waals surface area contributed by atoms with E-state index in [0.717, 1.165) is 0 Å². The fraction of sp³-hybridized carbons (Fsp3) is 0.0769. The summed E-state index contributed by atoms with van der Waals surface area (Å²) in [4.78, 5) is 38.3. The molecule has 1 heterocycles. The van der Waals surface area contributed by atoms with E-state index in [9.17, 15) is 24.6 Å². The maximum absolute atomic E-state index is 11.8. The first kappa shape index (κ1) is 15.0. The van der Waals surface area contributed by atoms with Crippen molar-refractivity contribution < 1.29 is 15.0 Å². The second-order valence-electron chi connectivity index (χ2n) is 4.29. The van der Waals surface area contributed by atoms with Gasteiger partial charge in [0.1, 0.15) is 11.3 Å². The third-order valence-electron chi connectivity index (χ3n) is 2.76. The Morgan fingerprint density at radius 1 is 1.18 bits per heavy atom. The molecule has 0 aliphatic heterocycles. The van der Waals surface area contributed by atoms with Gasteiger partial charge in [0.15, 0.2) is 0 Å². The number of phenols is 1. The fourth-order valence-electron chi connectivity index (χ4n) is 1.73. The highest BCUT2D eigenvalue weighted by molar-refractivity contribution is 6.02. The van der Waals surface area contributed by atoms with Crippen LogP contribution in [0.3, 0.4) is 0 Å². The van der Waals surface area contributed by atoms with E-state index in [1.54, 1.807) is 12.1 Å². The average molecular weight is 304 g/mol. The number of nitrogens with zero attached hydrogens (tertiary/aromatic N) is 1. The molecule has 5 N–H and O–H groups in total. The summed E-state index contributed by atoms with van der Waals surface area (Å²) in [6.45, 7) is 1.35. The molecule has 0 saturated carbocycles. The summed E-state index contributed by atoms with van der Waals surface area (Å²) >= 11 is 0. The first-order valence-electron chi connectivity index (χ1n) is 6.08. The van der Waals surface area contributed by atoms with E-state index in [0.29, 0.717) is 0 Å². The standard InChI is InChI=1S/C13H12N4O5/c1-6(9-11(20)14-13(22)15-12(9)21)16-17-10(19)7-4-2-3-5-8(7)18/h2-5,18H,1H3,(H,17,19)(H3,14,15,20,21,22)/b16-6+. The number of H-pyrrole nitrogens is 2. The molecule has 0 fully saturated rings. The molecule has 2 aromatic rings. The van der Waals surface area contributed by atoms with E-state index >= 15 is 0 Å². The number of aromatic nitrogens is 2. The van der Waals surface area contributed by atoms with Crippen molar-refractivity contribution in [3.8, 4) is 11.6 Å². The smallest absolute Gasteiger partial charge is 0.328 e. The molecule has 0 atom stereocenters. The van der Waals surface area contributed by atoms with E-state index in [2.05, 4.69) is 10.5 Å². The van der Waals surface area contributed by atoms with Crippen molar-refractivity contribution in [3.63, 3.8) is 0 Å². The van der Waals surface area contributed by atoms with Crippen LogP contribution in [0.2, 0.25) is 0 Å². The number of carbonyl (C=O) groups is 1. The lowest BCUT2D eigenvalue weighted by Crippen LogP contribution is -2.28. The Balaban J connectivity index is 2.28. The Kier molecular flexibility index (Phi) is 4.07. The first-order valence-corrected chi connectivity index (χ1v) is 6.08. The topological polar surface area (TPSA) is 148 Å². The van der Waals surface area contributed by atoms with Crippen molar-refractivity contribution in [1.29, 1.82) is 0 Å². The third kappa shape index (κ3) is 3.03. The number of hydrazone groups is 1. The molecule has 22 heavy (non-hydrogen) atoms. The van der Waals surface area contributed by atoms with Gasteiger partial charge in [-0.2, -0.15) is 5.10 Å². The van der Waals surface area contributed by atoms with Crippen LogP contribution in [-0.2, 0) is 0 Å². The highest BCUT2D eigenvalue weighted by atomic mass is 16.3. The van der Waals surface area contributed by atoms with E-state index in [4.69, 9.17) is 0 Å². The van der Waals surface area contributed by atoms with Crippen LogP contribution in [-0.4, -0.2) is 31.8 Å². The summed E-state index contributed by atoms with van der Waals surface area (Å²) in [5.41, 5.74) is 0.118. The fourth-order valence-corrected chi connectivity index (χ4v) is 1.73. The van der Waals surface area contributed by atoms with Gasteiger partial charge in [0.25, 0.3) is 11.5 Å². The van der Waals surface area contributed by atoms with Gasteiger partial charge in [0.2, 0.25) is 5.88 Å². The maximum atomic E-state index is 11.8. The molecule has 1 aromatic heterocycles. The molecule has 0 bridgehead atoms. The molecular weight excluding hydrogens is 292 g/mol. The van der Waals surface area contributed by atoms with Gasteiger partial charge in [-0.05, 0) is 19.1 Å². The van der Waals surface area contributed by atoms with Gasteiger partial charge in [0, 0.05) is 0 Å². The molecular formula is C13H12N4O5. The quantitative estimate of drug-likeness (QED) is 0.387. The Morgan fingerprint density at radius 2 is 1.86 bits per heavy atom. The van der Waals surface area contributed by atoms with Crippen LogP contribution in [0.5, 0.6) is 11.6 Å². The number of para-hydroxylation sites is 1. The number of amides is 1.